The number of carbonyl (C=O) groups excluding carboxylic acids is 1. The van der Waals surface area contributed by atoms with Gasteiger partial charge in [-0.05, 0) is 49.9 Å². The van der Waals surface area contributed by atoms with Gasteiger partial charge >= 0.3 is 5.97 Å². The molecule has 0 amide bonds. The van der Waals surface area contributed by atoms with Gasteiger partial charge in [-0.2, -0.15) is 0 Å². The lowest BCUT2D eigenvalue weighted by molar-refractivity contribution is -0.145. The fourth-order valence-corrected chi connectivity index (χ4v) is 4.16. The zero-order chi connectivity index (χ0) is 23.3. The van der Waals surface area contributed by atoms with Crippen molar-refractivity contribution in [2.24, 2.45) is 0 Å². The van der Waals surface area contributed by atoms with Crippen LogP contribution in [0, 0.1) is 0 Å². The van der Waals surface area contributed by atoms with Crippen molar-refractivity contribution < 1.29 is 19.0 Å². The van der Waals surface area contributed by atoms with E-state index < -0.39 is 0 Å². The smallest absolute Gasteiger partial charge is 0.307 e. The molecular formula is C26H36ClNO4. The molecule has 2 rings (SSSR count). The molecule has 32 heavy (non-hydrogen) atoms. The van der Waals surface area contributed by atoms with E-state index in [-0.39, 0.29) is 18.1 Å². The first-order chi connectivity index (χ1) is 15.5. The number of benzene rings is 2. The summed E-state index contributed by atoms with van der Waals surface area (Å²) in [4.78, 5) is 14.9. The number of esters is 1. The molecule has 0 N–H and O–H groups in total. The Kier molecular flexibility index (Phi) is 11.4. The molecule has 5 nitrogen and oxygen atoms in total. The molecule has 0 spiro atoms. The van der Waals surface area contributed by atoms with Crippen molar-refractivity contribution in [1.29, 1.82) is 0 Å². The van der Waals surface area contributed by atoms with E-state index in [1.165, 1.54) is 5.56 Å². The number of hydrogen-bond acceptors (Lipinski definition) is 5. The van der Waals surface area contributed by atoms with Gasteiger partial charge in [0, 0.05) is 24.5 Å². The highest BCUT2D eigenvalue weighted by atomic mass is 35.5. The largest absolute Gasteiger partial charge is 0.493 e. The first-order valence-corrected chi connectivity index (χ1v) is 11.8. The number of nitrogens with zero attached hydrogens (tertiary/aromatic N) is 1. The monoisotopic (exact) mass is 461 g/mol. The average Bonchev–Trinajstić information content (AvgIpc) is 2.82. The van der Waals surface area contributed by atoms with Gasteiger partial charge in [0.05, 0.1) is 27.2 Å². The molecule has 0 aliphatic rings. The second-order valence-electron chi connectivity index (χ2n) is 7.80. The standard InChI is InChI=1S/C26H36ClNO4/c1-5-32-26(29)18-23(13-9-10-16-27)28(20(2)22-11-7-6-8-12-22)19-21-14-15-24(30-3)25(17-21)31-4/h6-8,11-12,14-15,17,20,23H,5,9-10,13,16,18-19H2,1-4H3/t20-,23-/m0/s1. The SMILES string of the molecule is CCOC(=O)C[C@H](CCCCCl)N(Cc1ccc(OC)c(OC)c1)[C@@H](C)c1ccccc1. The van der Waals surface area contributed by atoms with Gasteiger partial charge in [-0.25, -0.2) is 0 Å². The molecule has 0 saturated heterocycles. The van der Waals surface area contributed by atoms with Crippen LogP contribution in [0.1, 0.15) is 56.7 Å². The number of halogens is 1. The van der Waals surface area contributed by atoms with E-state index in [1.54, 1.807) is 14.2 Å². The summed E-state index contributed by atoms with van der Waals surface area (Å²) in [5.41, 5.74) is 2.30. The Balaban J connectivity index is 2.38. The average molecular weight is 462 g/mol. The third-order valence-electron chi connectivity index (χ3n) is 5.69. The Hall–Kier alpha value is -2.24. The van der Waals surface area contributed by atoms with Gasteiger partial charge in [-0.1, -0.05) is 42.8 Å². The summed E-state index contributed by atoms with van der Waals surface area (Å²) in [5.74, 6) is 1.85. The Morgan fingerprint density at radius 1 is 1.03 bits per heavy atom. The van der Waals surface area contributed by atoms with Crippen LogP contribution in [-0.2, 0) is 16.1 Å². The van der Waals surface area contributed by atoms with Gasteiger partial charge < -0.3 is 14.2 Å². The van der Waals surface area contributed by atoms with E-state index in [0.29, 0.717) is 37.0 Å². The van der Waals surface area contributed by atoms with Gasteiger partial charge in [0.15, 0.2) is 11.5 Å². The lowest BCUT2D eigenvalue weighted by Gasteiger charge is -2.37. The van der Waals surface area contributed by atoms with Crippen LogP contribution in [0.25, 0.3) is 0 Å². The number of carbonyl (C=O) groups is 1. The molecule has 0 heterocycles. The lowest BCUT2D eigenvalue weighted by Crippen LogP contribution is -2.39. The number of alkyl halides is 1. The Bertz CT molecular complexity index is 815. The van der Waals surface area contributed by atoms with Crippen LogP contribution < -0.4 is 9.47 Å². The normalized spacial score (nSPS) is 12.9. The number of ether oxygens (including phenoxy) is 3. The predicted octanol–water partition coefficient (Wildman–Crippen LogP) is 6.00. The number of methoxy groups -OCH3 is 2. The van der Waals surface area contributed by atoms with Crippen LogP contribution >= 0.6 is 11.6 Å². The van der Waals surface area contributed by atoms with Crippen molar-refractivity contribution in [3.05, 3.63) is 59.7 Å². The highest BCUT2D eigenvalue weighted by molar-refractivity contribution is 6.17. The van der Waals surface area contributed by atoms with E-state index in [0.717, 1.165) is 24.8 Å². The fraction of sp³-hybridized carbons (Fsp3) is 0.500. The molecule has 0 aromatic heterocycles. The molecule has 0 bridgehead atoms. The third kappa shape index (κ3) is 7.72. The Morgan fingerprint density at radius 2 is 1.75 bits per heavy atom. The molecule has 0 fully saturated rings. The molecule has 0 radical (unpaired) electrons. The maximum atomic E-state index is 12.5. The van der Waals surface area contributed by atoms with Gasteiger partial charge in [0.2, 0.25) is 0 Å². The molecule has 176 valence electrons. The van der Waals surface area contributed by atoms with E-state index >= 15 is 0 Å². The van der Waals surface area contributed by atoms with Crippen LogP contribution in [-0.4, -0.2) is 43.6 Å². The van der Waals surface area contributed by atoms with Crippen molar-refractivity contribution >= 4 is 17.6 Å². The minimum absolute atomic E-state index is 0.0283. The van der Waals surface area contributed by atoms with E-state index in [2.05, 4.69) is 24.0 Å². The van der Waals surface area contributed by atoms with Crippen LogP contribution in [0.2, 0.25) is 0 Å². The Morgan fingerprint density at radius 3 is 2.38 bits per heavy atom. The molecule has 2 atom stereocenters. The number of rotatable bonds is 14. The fourth-order valence-electron chi connectivity index (χ4n) is 3.97. The maximum absolute atomic E-state index is 12.5. The minimum Gasteiger partial charge on any atom is -0.493 e. The van der Waals surface area contributed by atoms with Crippen molar-refractivity contribution in [3.8, 4) is 11.5 Å². The van der Waals surface area contributed by atoms with E-state index in [9.17, 15) is 4.79 Å². The van der Waals surface area contributed by atoms with Gasteiger partial charge in [0.25, 0.3) is 0 Å². The van der Waals surface area contributed by atoms with Crippen molar-refractivity contribution in [2.75, 3.05) is 26.7 Å². The number of unbranched alkanes of at least 4 members (excludes halogenated alkanes) is 1. The Labute approximate surface area is 197 Å². The first kappa shape index (κ1) is 26.0. The van der Waals surface area contributed by atoms with Gasteiger partial charge in [-0.3, -0.25) is 9.69 Å². The van der Waals surface area contributed by atoms with Crippen LogP contribution in [0.4, 0.5) is 0 Å². The molecule has 2 aromatic carbocycles. The molecular weight excluding hydrogens is 426 g/mol. The second kappa shape index (κ2) is 14.0. The summed E-state index contributed by atoms with van der Waals surface area (Å²) < 4.78 is 16.2. The molecule has 0 aliphatic carbocycles. The third-order valence-corrected chi connectivity index (χ3v) is 5.96. The maximum Gasteiger partial charge on any atom is 0.307 e. The summed E-state index contributed by atoms with van der Waals surface area (Å²) in [6.45, 7) is 5.09. The van der Waals surface area contributed by atoms with Gasteiger partial charge in [0.1, 0.15) is 0 Å². The molecule has 2 aromatic rings. The van der Waals surface area contributed by atoms with Crippen molar-refractivity contribution in [3.63, 3.8) is 0 Å². The minimum atomic E-state index is -0.166. The number of hydrogen-bond donors (Lipinski definition) is 0. The summed E-state index contributed by atoms with van der Waals surface area (Å²) in [5, 5.41) is 0. The van der Waals surface area contributed by atoms with Crippen LogP contribution in [0.3, 0.4) is 0 Å². The summed E-state index contributed by atoms with van der Waals surface area (Å²) >= 11 is 5.94. The van der Waals surface area contributed by atoms with E-state index in [1.807, 2.05) is 43.3 Å². The second-order valence-corrected chi connectivity index (χ2v) is 8.17. The molecule has 0 unspecified atom stereocenters. The molecule has 0 saturated carbocycles. The quantitative estimate of drug-likeness (QED) is 0.196. The van der Waals surface area contributed by atoms with Crippen LogP contribution in [0.5, 0.6) is 11.5 Å². The van der Waals surface area contributed by atoms with E-state index in [4.69, 9.17) is 25.8 Å². The van der Waals surface area contributed by atoms with Gasteiger partial charge in [-0.15, -0.1) is 11.6 Å². The molecule has 6 heteroatoms. The molecule has 0 aliphatic heterocycles. The lowest BCUT2D eigenvalue weighted by atomic mass is 9.98. The topological polar surface area (TPSA) is 48.0 Å². The van der Waals surface area contributed by atoms with Crippen molar-refractivity contribution in [2.45, 2.75) is 58.2 Å². The summed E-state index contributed by atoms with van der Waals surface area (Å²) in [7, 11) is 3.27. The highest BCUT2D eigenvalue weighted by Gasteiger charge is 2.27. The highest BCUT2D eigenvalue weighted by Crippen LogP contribution is 2.32. The first-order valence-electron chi connectivity index (χ1n) is 11.3. The predicted molar refractivity (Wildman–Crippen MR) is 130 cm³/mol. The summed E-state index contributed by atoms with van der Waals surface area (Å²) in [6.07, 6.45) is 3.10. The zero-order valence-corrected chi connectivity index (χ0v) is 20.4. The van der Waals surface area contributed by atoms with Crippen molar-refractivity contribution in [1.82, 2.24) is 4.90 Å². The summed E-state index contributed by atoms with van der Waals surface area (Å²) in [6, 6.07) is 16.5. The van der Waals surface area contributed by atoms with Crippen LogP contribution in [0.15, 0.2) is 48.5 Å². The zero-order valence-electron chi connectivity index (χ0n) is 19.7.